The molecule has 0 aliphatic rings. The third-order valence-electron chi connectivity index (χ3n) is 2.37. The summed E-state index contributed by atoms with van der Waals surface area (Å²) in [6, 6.07) is 0. The quantitative estimate of drug-likeness (QED) is 0.536. The number of aromatic nitrogens is 2. The fourth-order valence-corrected chi connectivity index (χ4v) is 1.62. The summed E-state index contributed by atoms with van der Waals surface area (Å²) in [6.07, 6.45) is 2.32. The van der Waals surface area contributed by atoms with Crippen molar-refractivity contribution in [3.63, 3.8) is 0 Å². The van der Waals surface area contributed by atoms with Gasteiger partial charge in [-0.05, 0) is 32.8 Å². The van der Waals surface area contributed by atoms with Gasteiger partial charge in [-0.3, -0.25) is 4.68 Å². The topological polar surface area (TPSA) is 47.2 Å². The van der Waals surface area contributed by atoms with Gasteiger partial charge in [-0.1, -0.05) is 0 Å². The predicted octanol–water partition coefficient (Wildman–Crippen LogP) is 1.40. The molecule has 4 heteroatoms. The van der Waals surface area contributed by atoms with E-state index in [0.29, 0.717) is 6.54 Å². The zero-order chi connectivity index (χ0) is 10.6. The third-order valence-corrected chi connectivity index (χ3v) is 2.37. The number of carbonyl (C=O) groups excluding carboxylic acids is 1. The van der Waals surface area contributed by atoms with Crippen molar-refractivity contribution in [1.82, 2.24) is 9.78 Å². The van der Waals surface area contributed by atoms with Crippen LogP contribution in [0.4, 0.5) is 0 Å². The highest BCUT2D eigenvalue weighted by Crippen LogP contribution is 2.13. The summed E-state index contributed by atoms with van der Waals surface area (Å²) in [5.74, 6) is 0. The predicted molar refractivity (Wildman–Crippen MR) is 54.1 cm³/mol. The maximum atomic E-state index is 9.91. The molecular formula is C10H15N3O. The van der Waals surface area contributed by atoms with Gasteiger partial charge < -0.3 is 0 Å². The van der Waals surface area contributed by atoms with Crippen LogP contribution < -0.4 is 0 Å². The Balaban J connectivity index is 2.84. The van der Waals surface area contributed by atoms with Crippen LogP contribution in [0.5, 0.6) is 0 Å². The third kappa shape index (κ3) is 2.09. The maximum Gasteiger partial charge on any atom is 0.234 e. The first-order valence-electron chi connectivity index (χ1n) is 4.77. The van der Waals surface area contributed by atoms with Gasteiger partial charge in [-0.15, -0.1) is 0 Å². The largest absolute Gasteiger partial charge is 0.270 e. The van der Waals surface area contributed by atoms with E-state index in [4.69, 9.17) is 0 Å². The van der Waals surface area contributed by atoms with E-state index in [1.807, 2.05) is 18.5 Å². The molecule has 0 amide bonds. The van der Waals surface area contributed by atoms with Gasteiger partial charge in [0.05, 0.1) is 12.2 Å². The molecule has 0 saturated carbocycles. The normalized spacial score (nSPS) is 9.93. The highest BCUT2D eigenvalue weighted by molar-refractivity contribution is 5.33. The van der Waals surface area contributed by atoms with E-state index in [1.165, 1.54) is 11.3 Å². The molecule has 1 heterocycles. The monoisotopic (exact) mass is 193 g/mol. The molecule has 0 aromatic carbocycles. The Morgan fingerprint density at radius 2 is 2.21 bits per heavy atom. The van der Waals surface area contributed by atoms with Crippen molar-refractivity contribution in [3.05, 3.63) is 17.0 Å². The van der Waals surface area contributed by atoms with Crippen LogP contribution in [0, 0.1) is 13.8 Å². The zero-order valence-electron chi connectivity index (χ0n) is 8.87. The molecule has 76 valence electrons. The fourth-order valence-electron chi connectivity index (χ4n) is 1.62. The van der Waals surface area contributed by atoms with Gasteiger partial charge >= 0.3 is 0 Å². The van der Waals surface area contributed by atoms with Crippen LogP contribution in [0.3, 0.4) is 0 Å². The SMILES string of the molecule is CCn1nc(C)c(CCN=C=O)c1C. The molecule has 4 nitrogen and oxygen atoms in total. The van der Waals surface area contributed by atoms with Crippen molar-refractivity contribution < 1.29 is 4.79 Å². The van der Waals surface area contributed by atoms with E-state index in [0.717, 1.165) is 18.7 Å². The second kappa shape index (κ2) is 4.72. The van der Waals surface area contributed by atoms with Crippen LogP contribution in [-0.2, 0) is 17.8 Å². The van der Waals surface area contributed by atoms with Gasteiger partial charge in [0, 0.05) is 12.2 Å². The number of hydrogen-bond acceptors (Lipinski definition) is 3. The lowest BCUT2D eigenvalue weighted by atomic mass is 10.1. The molecule has 0 radical (unpaired) electrons. The van der Waals surface area contributed by atoms with Crippen LogP contribution in [0.25, 0.3) is 0 Å². The lowest BCUT2D eigenvalue weighted by Crippen LogP contribution is -1.99. The standard InChI is InChI=1S/C10H15N3O/c1-4-13-9(3)10(8(2)12-13)5-6-11-7-14/h4-6H2,1-3H3. The van der Waals surface area contributed by atoms with Crippen LogP contribution in [-0.4, -0.2) is 22.4 Å². The Kier molecular flexibility index (Phi) is 3.60. The lowest BCUT2D eigenvalue weighted by Gasteiger charge is -2.00. The van der Waals surface area contributed by atoms with Gasteiger partial charge in [0.2, 0.25) is 6.08 Å². The fraction of sp³-hybridized carbons (Fsp3) is 0.600. The van der Waals surface area contributed by atoms with Crippen molar-refractivity contribution in [3.8, 4) is 0 Å². The minimum atomic E-state index is 0.501. The molecule has 1 aromatic heterocycles. The first-order chi connectivity index (χ1) is 6.70. The lowest BCUT2D eigenvalue weighted by molar-refractivity contribution is 0.563. The van der Waals surface area contributed by atoms with Gasteiger partial charge in [0.25, 0.3) is 0 Å². The summed E-state index contributed by atoms with van der Waals surface area (Å²) >= 11 is 0. The second-order valence-corrected chi connectivity index (χ2v) is 3.19. The number of aliphatic imine (C=N–C) groups is 1. The summed E-state index contributed by atoms with van der Waals surface area (Å²) in [5, 5.41) is 4.38. The Hall–Kier alpha value is -1.41. The van der Waals surface area contributed by atoms with Gasteiger partial charge in [-0.2, -0.15) is 5.10 Å². The average molecular weight is 193 g/mol. The summed E-state index contributed by atoms with van der Waals surface area (Å²) in [4.78, 5) is 13.5. The summed E-state index contributed by atoms with van der Waals surface area (Å²) in [7, 11) is 0. The van der Waals surface area contributed by atoms with E-state index in [9.17, 15) is 4.79 Å². The van der Waals surface area contributed by atoms with Crippen LogP contribution in [0.2, 0.25) is 0 Å². The zero-order valence-corrected chi connectivity index (χ0v) is 8.87. The molecule has 0 saturated heterocycles. The van der Waals surface area contributed by atoms with Gasteiger partial charge in [0.1, 0.15) is 0 Å². The summed E-state index contributed by atoms with van der Waals surface area (Å²) < 4.78 is 1.97. The molecule has 0 bridgehead atoms. The van der Waals surface area contributed by atoms with Crippen molar-refractivity contribution in [2.75, 3.05) is 6.54 Å². The number of aryl methyl sites for hydroxylation is 2. The van der Waals surface area contributed by atoms with E-state index in [2.05, 4.69) is 17.0 Å². The minimum absolute atomic E-state index is 0.501. The molecular weight excluding hydrogens is 178 g/mol. The molecule has 0 unspecified atom stereocenters. The Labute approximate surface area is 83.7 Å². The molecule has 0 atom stereocenters. The molecule has 0 N–H and O–H groups in total. The van der Waals surface area contributed by atoms with Crippen LogP contribution >= 0.6 is 0 Å². The van der Waals surface area contributed by atoms with E-state index < -0.39 is 0 Å². The molecule has 0 aliphatic carbocycles. The Morgan fingerprint density at radius 1 is 1.50 bits per heavy atom. The second-order valence-electron chi connectivity index (χ2n) is 3.19. The number of hydrogen-bond donors (Lipinski definition) is 0. The van der Waals surface area contributed by atoms with Crippen molar-refractivity contribution >= 4 is 6.08 Å². The minimum Gasteiger partial charge on any atom is -0.270 e. The van der Waals surface area contributed by atoms with E-state index in [1.54, 1.807) is 6.08 Å². The molecule has 14 heavy (non-hydrogen) atoms. The van der Waals surface area contributed by atoms with E-state index in [-0.39, 0.29) is 0 Å². The summed E-state index contributed by atoms with van der Waals surface area (Å²) in [5.41, 5.74) is 3.40. The van der Waals surface area contributed by atoms with Gasteiger partial charge in [0.15, 0.2) is 0 Å². The molecule has 0 aliphatic heterocycles. The number of isocyanates is 1. The highest BCUT2D eigenvalue weighted by Gasteiger charge is 2.09. The molecule has 1 aromatic rings. The van der Waals surface area contributed by atoms with Crippen LogP contribution in [0.15, 0.2) is 4.99 Å². The highest BCUT2D eigenvalue weighted by atomic mass is 16.1. The molecule has 1 rings (SSSR count). The average Bonchev–Trinajstić information content (AvgIpc) is 2.45. The Bertz CT molecular complexity index is 362. The van der Waals surface area contributed by atoms with E-state index >= 15 is 0 Å². The van der Waals surface area contributed by atoms with Crippen LogP contribution in [0.1, 0.15) is 23.9 Å². The first-order valence-corrected chi connectivity index (χ1v) is 4.77. The van der Waals surface area contributed by atoms with Gasteiger partial charge in [-0.25, -0.2) is 9.79 Å². The Morgan fingerprint density at radius 3 is 2.71 bits per heavy atom. The summed E-state index contributed by atoms with van der Waals surface area (Å²) in [6.45, 7) is 7.47. The maximum absolute atomic E-state index is 9.91. The first kappa shape index (κ1) is 10.7. The van der Waals surface area contributed by atoms with Crippen molar-refractivity contribution in [1.29, 1.82) is 0 Å². The van der Waals surface area contributed by atoms with Crippen molar-refractivity contribution in [2.45, 2.75) is 33.7 Å². The van der Waals surface area contributed by atoms with Crippen molar-refractivity contribution in [2.24, 2.45) is 4.99 Å². The molecule has 0 spiro atoms. The number of rotatable bonds is 4. The molecule has 0 fully saturated rings. The number of nitrogens with zero attached hydrogens (tertiary/aromatic N) is 3. The smallest absolute Gasteiger partial charge is 0.234 e.